The summed E-state index contributed by atoms with van der Waals surface area (Å²) in [5.74, 6) is 1.29. The van der Waals surface area contributed by atoms with E-state index < -0.39 is 0 Å². The molecule has 0 spiro atoms. The van der Waals surface area contributed by atoms with E-state index in [1.54, 1.807) is 0 Å². The zero-order valence-corrected chi connectivity index (χ0v) is 26.5. The minimum atomic E-state index is 0.273. The number of nitrogens with zero attached hydrogens (tertiary/aromatic N) is 2. The number of rotatable bonds is 16. The van der Waals surface area contributed by atoms with Crippen molar-refractivity contribution >= 4 is 28.9 Å². The lowest BCUT2D eigenvalue weighted by atomic mass is 9.97. The number of ether oxygens (including phenoxy) is 2. The Morgan fingerprint density at radius 2 is 1.71 bits per heavy atom. The van der Waals surface area contributed by atoms with Gasteiger partial charge in [-0.15, -0.1) is 0 Å². The van der Waals surface area contributed by atoms with E-state index >= 15 is 0 Å². The van der Waals surface area contributed by atoms with Gasteiger partial charge >= 0.3 is 0 Å². The minimum Gasteiger partial charge on any atom is -0.493 e. The van der Waals surface area contributed by atoms with E-state index in [1.807, 2.05) is 42.5 Å². The first kappa shape index (κ1) is 32.3. The second-order valence-corrected chi connectivity index (χ2v) is 11.9. The number of hydrogen-bond acceptors (Lipinski definition) is 5. The zero-order chi connectivity index (χ0) is 29.6. The number of hydrogen-bond donors (Lipinski definition) is 0. The van der Waals surface area contributed by atoms with Gasteiger partial charge in [0.15, 0.2) is 0 Å². The van der Waals surface area contributed by atoms with Crippen molar-refractivity contribution in [3.63, 3.8) is 0 Å². The van der Waals surface area contributed by atoms with Crippen LogP contribution in [0.15, 0.2) is 78.0 Å². The molecule has 7 heteroatoms. The van der Waals surface area contributed by atoms with Gasteiger partial charge in [-0.3, -0.25) is 0 Å². The Morgan fingerprint density at radius 1 is 0.952 bits per heavy atom. The Labute approximate surface area is 261 Å². The zero-order valence-electron chi connectivity index (χ0n) is 24.9. The van der Waals surface area contributed by atoms with Crippen molar-refractivity contribution in [2.24, 2.45) is 11.1 Å². The fraction of sp³-hybridized carbons (Fsp3) is 0.457. The Kier molecular flexibility index (Phi) is 13.5. The molecule has 3 aromatic rings. The van der Waals surface area contributed by atoms with Crippen LogP contribution in [0.1, 0.15) is 68.6 Å². The van der Waals surface area contributed by atoms with Crippen LogP contribution in [0.2, 0.25) is 10.0 Å². The summed E-state index contributed by atoms with van der Waals surface area (Å²) in [4.78, 5) is 7.68. The van der Waals surface area contributed by atoms with Crippen LogP contribution in [0.3, 0.4) is 0 Å². The Morgan fingerprint density at radius 3 is 2.40 bits per heavy atom. The number of unbranched alkanes of at least 4 members (excludes halogenated alkanes) is 3. The van der Waals surface area contributed by atoms with Crippen molar-refractivity contribution in [3.8, 4) is 5.75 Å². The van der Waals surface area contributed by atoms with Crippen LogP contribution in [-0.2, 0) is 16.2 Å². The molecule has 0 bridgehead atoms. The second-order valence-electron chi connectivity index (χ2n) is 11.1. The predicted molar refractivity (Wildman–Crippen MR) is 174 cm³/mol. The highest BCUT2D eigenvalue weighted by Gasteiger charge is 2.23. The molecule has 0 aromatic heterocycles. The third kappa shape index (κ3) is 10.3. The van der Waals surface area contributed by atoms with E-state index in [0.29, 0.717) is 34.9 Å². The summed E-state index contributed by atoms with van der Waals surface area (Å²) in [5, 5.41) is 5.44. The summed E-state index contributed by atoms with van der Waals surface area (Å²) in [6.45, 7) is 6.78. The lowest BCUT2D eigenvalue weighted by molar-refractivity contribution is 0.000485. The van der Waals surface area contributed by atoms with Crippen LogP contribution in [0, 0.1) is 5.92 Å². The number of likely N-dealkylation sites (tertiary alicyclic amines) is 1. The maximum atomic E-state index is 6.69. The summed E-state index contributed by atoms with van der Waals surface area (Å²) in [6, 6.07) is 23.7. The van der Waals surface area contributed by atoms with Gasteiger partial charge < -0.3 is 19.2 Å². The molecule has 0 saturated carbocycles. The normalized spacial score (nSPS) is 15.5. The van der Waals surface area contributed by atoms with Gasteiger partial charge in [0.05, 0.1) is 24.3 Å². The molecule has 0 aliphatic carbocycles. The molecule has 226 valence electrons. The molecule has 1 atom stereocenters. The predicted octanol–water partition coefficient (Wildman–Crippen LogP) is 9.04. The Bertz CT molecular complexity index is 1230. The SMILES string of the molecule is CCCCCC[C@@H](CN1CCC(COc2ccc(/C(=N/OC)c3ccc(Cl)cc3)c(Cl)c2)CC1)OCc1ccccc1. The van der Waals surface area contributed by atoms with E-state index in [9.17, 15) is 0 Å². The maximum absolute atomic E-state index is 6.69. The van der Waals surface area contributed by atoms with Crippen LogP contribution in [-0.4, -0.2) is 50.1 Å². The van der Waals surface area contributed by atoms with Crippen molar-refractivity contribution in [1.82, 2.24) is 4.90 Å². The largest absolute Gasteiger partial charge is 0.493 e. The van der Waals surface area contributed by atoms with Crippen molar-refractivity contribution < 1.29 is 14.3 Å². The molecular weight excluding hydrogens is 567 g/mol. The minimum absolute atomic E-state index is 0.273. The van der Waals surface area contributed by atoms with E-state index in [-0.39, 0.29) is 6.10 Å². The topological polar surface area (TPSA) is 43.3 Å². The molecule has 0 unspecified atom stereocenters. The third-order valence-corrected chi connectivity index (χ3v) is 8.42. The number of halogens is 2. The summed E-state index contributed by atoms with van der Waals surface area (Å²) in [7, 11) is 1.53. The third-order valence-electron chi connectivity index (χ3n) is 7.86. The molecule has 42 heavy (non-hydrogen) atoms. The van der Waals surface area contributed by atoms with Crippen molar-refractivity contribution in [1.29, 1.82) is 0 Å². The van der Waals surface area contributed by atoms with E-state index in [2.05, 4.69) is 47.3 Å². The molecule has 1 saturated heterocycles. The maximum Gasteiger partial charge on any atom is 0.120 e. The van der Waals surface area contributed by atoms with Gasteiger partial charge in [0.1, 0.15) is 18.6 Å². The first-order valence-corrected chi connectivity index (χ1v) is 16.0. The summed E-state index contributed by atoms with van der Waals surface area (Å²) in [5.41, 5.74) is 3.54. The molecule has 1 aliphatic heterocycles. The van der Waals surface area contributed by atoms with Crippen LogP contribution in [0.25, 0.3) is 0 Å². The number of piperidine rings is 1. The smallest absolute Gasteiger partial charge is 0.120 e. The monoisotopic (exact) mass is 610 g/mol. The van der Waals surface area contributed by atoms with Gasteiger partial charge in [0.25, 0.3) is 0 Å². The van der Waals surface area contributed by atoms with E-state index in [0.717, 1.165) is 55.8 Å². The standard InChI is InChI=1S/C35H44Cl2N2O3/c1-3-4-5-9-12-32(42-25-27-10-7-6-8-11-27)24-39-21-19-28(20-22-39)26-41-31-17-18-33(34(37)23-31)35(38-40-2)29-13-15-30(36)16-14-29/h6-8,10-11,13-18,23,28,32H,3-5,9,12,19-22,24-26H2,1-2H3/b38-35+/t32-/m0/s1. The summed E-state index contributed by atoms with van der Waals surface area (Å²) < 4.78 is 12.6. The van der Waals surface area contributed by atoms with Crippen LogP contribution < -0.4 is 4.74 Å². The van der Waals surface area contributed by atoms with Crippen LogP contribution in [0.5, 0.6) is 5.75 Å². The molecule has 4 rings (SSSR count). The van der Waals surface area contributed by atoms with E-state index in [1.165, 1.54) is 38.4 Å². The van der Waals surface area contributed by atoms with Crippen molar-refractivity contribution in [2.45, 2.75) is 64.6 Å². The highest BCUT2D eigenvalue weighted by atomic mass is 35.5. The molecular formula is C35H44Cl2N2O3. The summed E-state index contributed by atoms with van der Waals surface area (Å²) >= 11 is 12.7. The molecule has 1 heterocycles. The fourth-order valence-corrected chi connectivity index (χ4v) is 5.77. The molecule has 1 aliphatic rings. The fourth-order valence-electron chi connectivity index (χ4n) is 5.39. The summed E-state index contributed by atoms with van der Waals surface area (Å²) in [6.07, 6.45) is 8.72. The highest BCUT2D eigenvalue weighted by Crippen LogP contribution is 2.28. The van der Waals surface area contributed by atoms with Gasteiger partial charge in [-0.1, -0.05) is 103 Å². The lowest BCUT2D eigenvalue weighted by Gasteiger charge is -2.34. The first-order valence-electron chi connectivity index (χ1n) is 15.2. The second kappa shape index (κ2) is 17.5. The van der Waals surface area contributed by atoms with Crippen LogP contribution in [0.4, 0.5) is 0 Å². The molecule has 5 nitrogen and oxygen atoms in total. The highest BCUT2D eigenvalue weighted by molar-refractivity contribution is 6.35. The van der Waals surface area contributed by atoms with Gasteiger partial charge in [0.2, 0.25) is 0 Å². The number of oxime groups is 1. The van der Waals surface area contributed by atoms with Crippen molar-refractivity contribution in [3.05, 3.63) is 99.5 Å². The molecule has 0 amide bonds. The van der Waals surface area contributed by atoms with Gasteiger partial charge in [-0.2, -0.15) is 0 Å². The quantitative estimate of drug-likeness (QED) is 0.0921. The average molecular weight is 612 g/mol. The van der Waals surface area contributed by atoms with Crippen molar-refractivity contribution in [2.75, 3.05) is 33.4 Å². The molecule has 0 radical (unpaired) electrons. The average Bonchev–Trinajstić information content (AvgIpc) is 3.01. The Balaban J connectivity index is 1.26. The van der Waals surface area contributed by atoms with Crippen LogP contribution >= 0.6 is 23.2 Å². The van der Waals surface area contributed by atoms with E-state index in [4.69, 9.17) is 37.5 Å². The lowest BCUT2D eigenvalue weighted by Crippen LogP contribution is -2.40. The Hall–Kier alpha value is -2.57. The molecule has 1 fully saturated rings. The number of benzene rings is 3. The molecule has 0 N–H and O–H groups in total. The van der Waals surface area contributed by atoms with Gasteiger partial charge in [0, 0.05) is 22.7 Å². The molecule has 3 aromatic carbocycles. The van der Waals surface area contributed by atoms with Gasteiger partial charge in [-0.25, -0.2) is 0 Å². The van der Waals surface area contributed by atoms with Gasteiger partial charge in [-0.05, 0) is 74.2 Å². The first-order chi connectivity index (χ1) is 20.6.